The van der Waals surface area contributed by atoms with Crippen LogP contribution in [0.4, 0.5) is 0 Å². The van der Waals surface area contributed by atoms with Gasteiger partial charge in [0.25, 0.3) is 0 Å². The van der Waals surface area contributed by atoms with Crippen LogP contribution in [0.15, 0.2) is 12.2 Å². The number of allylic oxidation sites excluding steroid dienone is 1. The zero-order valence-corrected chi connectivity index (χ0v) is 12.9. The van der Waals surface area contributed by atoms with Gasteiger partial charge in [0.05, 0.1) is 6.10 Å². The van der Waals surface area contributed by atoms with Crippen LogP contribution in [-0.4, -0.2) is 19.5 Å². The van der Waals surface area contributed by atoms with Crippen molar-refractivity contribution in [3.63, 3.8) is 0 Å². The largest absolute Gasteiger partial charge is 0.355 e. The zero-order valence-electron chi connectivity index (χ0n) is 12.9. The number of hydrogen-bond acceptors (Lipinski definition) is 2. The molecule has 110 valence electrons. The lowest BCUT2D eigenvalue weighted by molar-refractivity contribution is -0.117. The maximum Gasteiger partial charge on any atom is 0.147 e. The van der Waals surface area contributed by atoms with Gasteiger partial charge in [0.15, 0.2) is 0 Å². The summed E-state index contributed by atoms with van der Waals surface area (Å²) in [5, 5.41) is 0. The predicted molar refractivity (Wildman–Crippen MR) is 79.0 cm³/mol. The highest BCUT2D eigenvalue weighted by atomic mass is 16.7. The monoisotopic (exact) mass is 266 g/mol. The molecule has 2 nitrogen and oxygen atoms in total. The van der Waals surface area contributed by atoms with Gasteiger partial charge >= 0.3 is 0 Å². The van der Waals surface area contributed by atoms with Crippen molar-refractivity contribution < 1.29 is 9.47 Å². The smallest absolute Gasteiger partial charge is 0.147 e. The fourth-order valence-corrected chi connectivity index (χ4v) is 3.09. The summed E-state index contributed by atoms with van der Waals surface area (Å²) in [4.78, 5) is 0. The van der Waals surface area contributed by atoms with Crippen molar-refractivity contribution in [2.24, 2.45) is 17.3 Å². The molecular weight excluding hydrogens is 236 g/mol. The van der Waals surface area contributed by atoms with E-state index in [-0.39, 0.29) is 0 Å². The van der Waals surface area contributed by atoms with Gasteiger partial charge in [-0.15, -0.1) is 0 Å². The van der Waals surface area contributed by atoms with Crippen LogP contribution in [0, 0.1) is 17.3 Å². The summed E-state index contributed by atoms with van der Waals surface area (Å²) >= 11 is 0. The average Bonchev–Trinajstić information content (AvgIpc) is 2.44. The normalized spacial score (nSPS) is 29.9. The molecule has 1 saturated carbocycles. The van der Waals surface area contributed by atoms with Crippen LogP contribution >= 0.6 is 0 Å². The average molecular weight is 266 g/mol. The summed E-state index contributed by atoms with van der Waals surface area (Å²) in [5.74, 6) is 1.41. The van der Waals surface area contributed by atoms with E-state index in [1.165, 1.54) is 32.1 Å². The van der Waals surface area contributed by atoms with Crippen molar-refractivity contribution in [2.75, 3.05) is 13.4 Å². The van der Waals surface area contributed by atoms with Crippen LogP contribution in [-0.2, 0) is 9.47 Å². The second kappa shape index (κ2) is 6.90. The minimum Gasteiger partial charge on any atom is -0.355 e. The molecule has 0 aromatic carbocycles. The van der Waals surface area contributed by atoms with Crippen LogP contribution in [0.1, 0.15) is 59.3 Å². The second-order valence-electron chi connectivity index (χ2n) is 6.97. The first kappa shape index (κ1) is 15.1. The van der Waals surface area contributed by atoms with Crippen molar-refractivity contribution in [3.8, 4) is 0 Å². The molecule has 2 heteroatoms. The molecule has 19 heavy (non-hydrogen) atoms. The van der Waals surface area contributed by atoms with E-state index in [0.717, 1.165) is 18.9 Å². The van der Waals surface area contributed by atoms with Crippen LogP contribution in [0.2, 0.25) is 0 Å². The Morgan fingerprint density at radius 3 is 2.63 bits per heavy atom. The fourth-order valence-electron chi connectivity index (χ4n) is 3.09. The molecule has 1 fully saturated rings. The van der Waals surface area contributed by atoms with Crippen molar-refractivity contribution in [2.45, 2.75) is 65.4 Å². The molecule has 3 aliphatic rings. The highest BCUT2D eigenvalue weighted by molar-refractivity contribution is 5.06. The van der Waals surface area contributed by atoms with Gasteiger partial charge in [-0.2, -0.15) is 0 Å². The van der Waals surface area contributed by atoms with Crippen molar-refractivity contribution in [1.29, 1.82) is 0 Å². The number of hydrogen-bond donors (Lipinski definition) is 0. The van der Waals surface area contributed by atoms with E-state index in [2.05, 4.69) is 32.9 Å². The Balaban J connectivity index is 1.52. The van der Waals surface area contributed by atoms with E-state index in [1.807, 2.05) is 0 Å². The Morgan fingerprint density at radius 1 is 1.21 bits per heavy atom. The summed E-state index contributed by atoms with van der Waals surface area (Å²) in [6.07, 6.45) is 12.6. The molecule has 0 radical (unpaired) electrons. The summed E-state index contributed by atoms with van der Waals surface area (Å²) in [5.41, 5.74) is 0.456. The van der Waals surface area contributed by atoms with Crippen LogP contribution in [0.5, 0.6) is 0 Å². The van der Waals surface area contributed by atoms with Gasteiger partial charge in [-0.05, 0) is 43.4 Å². The van der Waals surface area contributed by atoms with Crippen LogP contribution < -0.4 is 0 Å². The number of ether oxygens (including phenoxy) is 2. The first-order valence-electron chi connectivity index (χ1n) is 7.98. The van der Waals surface area contributed by atoms with Gasteiger partial charge in [0.2, 0.25) is 0 Å². The Labute approximate surface area is 118 Å². The second-order valence-corrected chi connectivity index (χ2v) is 6.97. The van der Waals surface area contributed by atoms with Crippen molar-refractivity contribution in [1.82, 2.24) is 0 Å². The van der Waals surface area contributed by atoms with Crippen molar-refractivity contribution >= 4 is 0 Å². The maximum absolute atomic E-state index is 5.90. The van der Waals surface area contributed by atoms with E-state index in [9.17, 15) is 0 Å². The van der Waals surface area contributed by atoms with Crippen molar-refractivity contribution in [3.05, 3.63) is 12.2 Å². The first-order chi connectivity index (χ1) is 9.11. The van der Waals surface area contributed by atoms with Crippen LogP contribution in [0.25, 0.3) is 0 Å². The van der Waals surface area contributed by atoms with E-state index in [4.69, 9.17) is 9.47 Å². The summed E-state index contributed by atoms with van der Waals surface area (Å²) < 4.78 is 11.5. The number of fused-ring (bicyclic) bond motifs is 2. The highest BCUT2D eigenvalue weighted by Gasteiger charge is 2.32. The third-order valence-corrected chi connectivity index (χ3v) is 4.98. The number of rotatable bonds is 8. The molecule has 0 heterocycles. The predicted octanol–water partition coefficient (Wildman–Crippen LogP) is 4.55. The SMILES string of the molecule is CCC(C)(C)CCCOCOC1CC2C=CC1CC2. The molecule has 3 aliphatic carbocycles. The standard InChI is InChI=1S/C17H30O2/c1-4-17(2,3)10-5-11-18-13-19-16-12-14-6-8-15(16)9-7-14/h6,8,14-16H,4-5,7,9-13H2,1-3H3. The third kappa shape index (κ3) is 4.61. The third-order valence-electron chi connectivity index (χ3n) is 4.98. The molecule has 0 aromatic rings. The van der Waals surface area contributed by atoms with Gasteiger partial charge in [0, 0.05) is 12.5 Å². The van der Waals surface area contributed by atoms with Crippen LogP contribution in [0.3, 0.4) is 0 Å². The molecule has 0 spiro atoms. The molecule has 0 aliphatic heterocycles. The lowest BCUT2D eigenvalue weighted by Gasteiger charge is -2.37. The van der Waals surface area contributed by atoms with Gasteiger partial charge in [-0.3, -0.25) is 0 Å². The van der Waals surface area contributed by atoms with Gasteiger partial charge in [0.1, 0.15) is 6.79 Å². The molecule has 2 bridgehead atoms. The van der Waals surface area contributed by atoms with Gasteiger partial charge in [-0.1, -0.05) is 39.3 Å². The summed E-state index contributed by atoms with van der Waals surface area (Å²) in [6, 6.07) is 0. The minimum absolute atomic E-state index is 0.413. The fraction of sp³-hybridized carbons (Fsp3) is 0.882. The van der Waals surface area contributed by atoms with E-state index in [1.54, 1.807) is 0 Å². The van der Waals surface area contributed by atoms with Gasteiger partial charge in [-0.25, -0.2) is 0 Å². The Kier molecular flexibility index (Phi) is 5.47. The Hall–Kier alpha value is -0.340. The topological polar surface area (TPSA) is 18.5 Å². The Bertz CT molecular complexity index is 296. The summed E-state index contributed by atoms with van der Waals surface area (Å²) in [6.45, 7) is 8.23. The molecule has 0 amide bonds. The van der Waals surface area contributed by atoms with Gasteiger partial charge < -0.3 is 9.47 Å². The lowest BCUT2D eigenvalue weighted by atomic mass is 9.74. The Morgan fingerprint density at radius 2 is 2.05 bits per heavy atom. The quantitative estimate of drug-likeness (QED) is 0.364. The molecule has 3 atom stereocenters. The molecular formula is C17H30O2. The molecule has 0 N–H and O–H groups in total. The molecule has 3 unspecified atom stereocenters. The lowest BCUT2D eigenvalue weighted by Crippen LogP contribution is -2.34. The molecule has 3 rings (SSSR count). The summed E-state index contributed by atoms with van der Waals surface area (Å²) in [7, 11) is 0. The first-order valence-corrected chi connectivity index (χ1v) is 7.98. The molecule has 0 aromatic heterocycles. The zero-order chi connectivity index (χ0) is 13.7. The minimum atomic E-state index is 0.413. The van der Waals surface area contributed by atoms with E-state index < -0.39 is 0 Å². The van der Waals surface area contributed by atoms with E-state index >= 15 is 0 Å². The highest BCUT2D eigenvalue weighted by Crippen LogP contribution is 2.37. The maximum atomic E-state index is 5.90. The van der Waals surface area contributed by atoms with E-state index in [0.29, 0.717) is 24.2 Å². The molecule has 0 saturated heterocycles.